The highest BCUT2D eigenvalue weighted by molar-refractivity contribution is 6.38. The molecule has 1 atom stereocenters. The Balaban J connectivity index is 1.60. The number of benzene rings is 6. The fraction of sp³-hybridized carbons (Fsp3) is 0.209. The summed E-state index contributed by atoms with van der Waals surface area (Å²) >= 11 is 0. The maximum absolute atomic E-state index is 14.9. The van der Waals surface area contributed by atoms with Crippen molar-refractivity contribution in [2.45, 2.75) is 5.92 Å². The summed E-state index contributed by atoms with van der Waals surface area (Å²) in [4.78, 5) is 27.2. The van der Waals surface area contributed by atoms with Crippen LogP contribution in [0.4, 0.5) is 22.7 Å². The molecule has 0 amide bonds. The summed E-state index contributed by atoms with van der Waals surface area (Å²) in [6.07, 6.45) is 0. The van der Waals surface area contributed by atoms with Crippen LogP contribution in [-0.4, -0.2) is 68.0 Å². The molecule has 0 radical (unpaired) electrons. The van der Waals surface area contributed by atoms with E-state index in [1.54, 1.807) is 0 Å². The van der Waals surface area contributed by atoms with Crippen LogP contribution in [0.5, 0.6) is 0 Å². The highest BCUT2D eigenvalue weighted by Crippen LogP contribution is 2.54. The van der Waals surface area contributed by atoms with Crippen LogP contribution in [0, 0.1) is 12.0 Å². The second-order valence-corrected chi connectivity index (χ2v) is 13.8. The van der Waals surface area contributed by atoms with Gasteiger partial charge in [-0.1, -0.05) is 60.7 Å². The number of allylic oxidation sites excluding steroid dienone is 2. The average Bonchev–Trinajstić information content (AvgIpc) is 3.09. The highest BCUT2D eigenvalue weighted by atomic mass is 16.1. The Kier molecular flexibility index (Phi) is 7.86. The zero-order valence-electron chi connectivity index (χ0n) is 29.8. The molecule has 248 valence electrons. The van der Waals surface area contributed by atoms with Gasteiger partial charge in [-0.2, -0.15) is 0 Å². The van der Waals surface area contributed by atoms with E-state index in [-0.39, 0.29) is 11.5 Å². The summed E-state index contributed by atoms with van der Waals surface area (Å²) in [6.45, 7) is 8.13. The van der Waals surface area contributed by atoms with Gasteiger partial charge >= 0.3 is 0 Å². The molecule has 50 heavy (non-hydrogen) atoms. The minimum atomic E-state index is -0.723. The summed E-state index contributed by atoms with van der Waals surface area (Å²) in [7, 11) is 16.3. The molecule has 0 fully saturated rings. The Morgan fingerprint density at radius 2 is 1.16 bits per heavy atom. The first-order valence-corrected chi connectivity index (χ1v) is 16.6. The van der Waals surface area contributed by atoms with Crippen LogP contribution in [-0.2, 0) is 4.79 Å². The molecule has 1 unspecified atom stereocenters. The number of fused-ring (bicyclic) bond motifs is 4. The van der Waals surface area contributed by atoms with Gasteiger partial charge in [-0.05, 0) is 68.4 Å². The number of carbonyl (C=O) groups is 1. The van der Waals surface area contributed by atoms with Crippen LogP contribution >= 0.6 is 0 Å². The number of hydrogen-bond acceptors (Lipinski definition) is 6. The third-order valence-corrected chi connectivity index (χ3v) is 9.98. The third kappa shape index (κ3) is 4.72. The van der Waals surface area contributed by atoms with Crippen LogP contribution in [0.15, 0.2) is 96.2 Å². The van der Waals surface area contributed by atoms with Gasteiger partial charge in [0.05, 0.1) is 23.9 Å². The Labute approximate surface area is 293 Å². The molecule has 0 aliphatic heterocycles. The number of nitrogens with zero attached hydrogens (tertiary/aromatic N) is 5. The Morgan fingerprint density at radius 1 is 0.660 bits per heavy atom. The second kappa shape index (κ2) is 12.1. The van der Waals surface area contributed by atoms with Gasteiger partial charge in [-0.15, -0.1) is 0 Å². The molecule has 7 rings (SSSR count). The molecule has 1 aliphatic rings. The fourth-order valence-corrected chi connectivity index (χ4v) is 7.90. The number of hydrogen-bond donors (Lipinski definition) is 1. The number of nitrogens with one attached hydrogen (secondary N) is 1. The first kappa shape index (κ1) is 32.5. The predicted molar refractivity (Wildman–Crippen MR) is 213 cm³/mol. The molecule has 0 spiro atoms. The van der Waals surface area contributed by atoms with E-state index >= 15 is 0 Å². The molecular formula is C43H40N6O. The van der Waals surface area contributed by atoms with E-state index in [9.17, 15) is 4.79 Å². The van der Waals surface area contributed by atoms with Crippen molar-refractivity contribution in [2.75, 3.05) is 76.0 Å². The number of carbonyl (C=O) groups excluding carboxylic acids is 1. The summed E-state index contributed by atoms with van der Waals surface area (Å²) in [6, 6.07) is 29.1. The lowest BCUT2D eigenvalue weighted by molar-refractivity contribution is -0.115. The van der Waals surface area contributed by atoms with Gasteiger partial charge < -0.3 is 19.6 Å². The highest BCUT2D eigenvalue weighted by Gasteiger charge is 2.44. The van der Waals surface area contributed by atoms with Gasteiger partial charge in [-0.3, -0.25) is 10.2 Å². The van der Waals surface area contributed by atoms with Crippen molar-refractivity contribution in [3.63, 3.8) is 0 Å². The minimum Gasteiger partial charge on any atom is -0.377 e. The van der Waals surface area contributed by atoms with Crippen molar-refractivity contribution in [1.82, 2.24) is 0 Å². The van der Waals surface area contributed by atoms with E-state index in [0.29, 0.717) is 11.1 Å². The van der Waals surface area contributed by atoms with Crippen LogP contribution < -0.4 is 19.6 Å². The quantitative estimate of drug-likeness (QED) is 0.106. The summed E-state index contributed by atoms with van der Waals surface area (Å²) in [5.41, 5.74) is 6.89. The van der Waals surface area contributed by atoms with E-state index in [0.717, 1.165) is 77.0 Å². The SMILES string of the molecule is [C-]#[N+]C(=C=N)C1=C(c2ccc(N(C)C)c3c(N(C)C)c4ccccc4cc23)C(=O)C1c1ccc(N(C)C)c2c(N(C)C)c3ccccc3cc12. The van der Waals surface area contributed by atoms with Crippen molar-refractivity contribution in [1.29, 1.82) is 5.41 Å². The van der Waals surface area contributed by atoms with Crippen LogP contribution in [0.2, 0.25) is 0 Å². The molecule has 0 bridgehead atoms. The van der Waals surface area contributed by atoms with E-state index in [1.807, 2.05) is 80.6 Å². The molecule has 0 saturated carbocycles. The van der Waals surface area contributed by atoms with Gasteiger partial charge in [-0.25, -0.2) is 4.85 Å². The largest absolute Gasteiger partial charge is 0.377 e. The lowest BCUT2D eigenvalue weighted by Crippen LogP contribution is -2.30. The number of ketones is 1. The molecule has 7 heteroatoms. The molecule has 6 aromatic carbocycles. The Hall–Kier alpha value is -6.09. The fourth-order valence-electron chi connectivity index (χ4n) is 7.90. The molecule has 1 N–H and O–H groups in total. The lowest BCUT2D eigenvalue weighted by Gasteiger charge is -2.35. The number of rotatable bonds is 7. The van der Waals surface area contributed by atoms with E-state index in [1.165, 1.54) is 0 Å². The summed E-state index contributed by atoms with van der Waals surface area (Å²) in [5.74, 6) is 1.63. The van der Waals surface area contributed by atoms with E-state index in [2.05, 4.69) is 91.0 Å². The summed E-state index contributed by atoms with van der Waals surface area (Å²) < 4.78 is 0. The molecular weight excluding hydrogens is 617 g/mol. The monoisotopic (exact) mass is 656 g/mol. The maximum Gasteiger partial charge on any atom is 0.251 e. The van der Waals surface area contributed by atoms with E-state index in [4.69, 9.17) is 12.0 Å². The normalized spacial score (nSPS) is 14.1. The first-order chi connectivity index (χ1) is 24.0. The number of anilines is 4. The lowest BCUT2D eigenvalue weighted by atomic mass is 9.67. The van der Waals surface area contributed by atoms with Crippen molar-refractivity contribution in [3.05, 3.63) is 119 Å². The van der Waals surface area contributed by atoms with Crippen LogP contribution in [0.25, 0.3) is 53.5 Å². The van der Waals surface area contributed by atoms with E-state index < -0.39 is 5.92 Å². The molecule has 0 heterocycles. The second-order valence-electron chi connectivity index (χ2n) is 13.8. The summed E-state index contributed by atoms with van der Waals surface area (Å²) in [5, 5.41) is 16.6. The molecule has 7 nitrogen and oxygen atoms in total. The number of Topliss-reactive ketones (excluding diaryl/α,β-unsaturated/α-hetero) is 1. The maximum atomic E-state index is 14.9. The van der Waals surface area contributed by atoms with Crippen molar-refractivity contribution in [3.8, 4) is 0 Å². The Morgan fingerprint density at radius 3 is 1.66 bits per heavy atom. The van der Waals surface area contributed by atoms with Gasteiger partial charge in [0, 0.05) is 94.9 Å². The van der Waals surface area contributed by atoms with Gasteiger partial charge in [0.1, 0.15) is 0 Å². The zero-order chi connectivity index (χ0) is 35.6. The third-order valence-electron chi connectivity index (χ3n) is 9.98. The van der Waals surface area contributed by atoms with Crippen molar-refractivity contribution < 1.29 is 4.79 Å². The van der Waals surface area contributed by atoms with Crippen LogP contribution in [0.3, 0.4) is 0 Å². The first-order valence-electron chi connectivity index (χ1n) is 16.6. The smallest absolute Gasteiger partial charge is 0.251 e. The molecule has 6 aromatic rings. The van der Waals surface area contributed by atoms with Gasteiger partial charge in [0.15, 0.2) is 5.78 Å². The van der Waals surface area contributed by atoms with Gasteiger partial charge in [0.25, 0.3) is 5.70 Å². The molecule has 1 aliphatic carbocycles. The predicted octanol–water partition coefficient (Wildman–Crippen LogP) is 8.74. The topological polar surface area (TPSA) is 58.2 Å². The average molecular weight is 657 g/mol. The molecule has 0 saturated heterocycles. The van der Waals surface area contributed by atoms with Crippen LogP contribution in [0.1, 0.15) is 17.0 Å². The van der Waals surface area contributed by atoms with Crippen molar-refractivity contribution >= 4 is 83.1 Å². The standard InChI is InChI=1S/C43H40N6O/c1-45-33(24-44)40-38(29-18-20-34(46(2)3)36-31(29)22-25-14-10-12-16-27(25)41(36)48(6)7)43(50)39(40)30-19-21-35(47(4)5)37-32(30)23-26-15-11-13-17-28(26)42(37)49(8)9/h10-23,38,44H,2-9H3. The minimum absolute atomic E-state index is 0.0570. The van der Waals surface area contributed by atoms with Gasteiger partial charge in [0.2, 0.25) is 0 Å². The Bertz CT molecular complexity index is 2540. The van der Waals surface area contributed by atoms with Crippen molar-refractivity contribution in [2.24, 2.45) is 0 Å². The zero-order valence-corrected chi connectivity index (χ0v) is 29.8. The molecule has 0 aromatic heterocycles.